The molecular weight excluding hydrogens is 632 g/mol. The van der Waals surface area contributed by atoms with E-state index in [1.54, 1.807) is 24.3 Å². The molecule has 2 amide bonds. The van der Waals surface area contributed by atoms with Gasteiger partial charge in [-0.2, -0.15) is 13.2 Å². The molecular formula is C32H28F4N2O7S. The lowest BCUT2D eigenvalue weighted by Crippen LogP contribution is -2.47. The lowest BCUT2D eigenvalue weighted by molar-refractivity contribution is -0.137. The van der Waals surface area contributed by atoms with Crippen LogP contribution in [0.1, 0.15) is 28.8 Å². The largest absolute Gasteiger partial charge is 0.501 e. The fourth-order valence-electron chi connectivity index (χ4n) is 5.93. The van der Waals surface area contributed by atoms with Gasteiger partial charge in [0.2, 0.25) is 5.91 Å². The number of carboxylic acid groups (broad SMARTS) is 1. The summed E-state index contributed by atoms with van der Waals surface area (Å²) in [5.41, 5.74) is -4.43. The van der Waals surface area contributed by atoms with Crippen LogP contribution in [0.3, 0.4) is 0 Å². The van der Waals surface area contributed by atoms with Crippen molar-refractivity contribution in [1.82, 2.24) is 5.32 Å². The Labute approximate surface area is 261 Å². The number of sulfone groups is 1. The molecule has 0 unspecified atom stereocenters. The van der Waals surface area contributed by atoms with E-state index < -0.39 is 55.8 Å². The van der Waals surface area contributed by atoms with Crippen molar-refractivity contribution in [2.45, 2.75) is 35.7 Å². The lowest BCUT2D eigenvalue weighted by Gasteiger charge is -2.28. The molecule has 4 atom stereocenters. The van der Waals surface area contributed by atoms with E-state index in [1.165, 1.54) is 19.2 Å². The standard InChI is InChI=1S/C32H28F4N2O7S/c1-45-26-16-25(33)23(18-8-5-17(6-9-18)7-12-27(39)40)15-24(26)30(41)38-29-20-11-10-19(13-20)28(29)31(42)37-21-3-2-4-22(14-21)46(43,44)32(34,35)36/h2-6,8-11,14-16,19-20,28-29H,7,12-13H2,1H3,(H,37,42)(H,38,41)(H,39,40)/t19-,20+,28+,29-/m1/s1. The number of rotatable bonds is 10. The van der Waals surface area contributed by atoms with Gasteiger partial charge in [0.05, 0.1) is 23.5 Å². The number of hydrogen-bond acceptors (Lipinski definition) is 6. The van der Waals surface area contributed by atoms with E-state index in [0.717, 1.165) is 29.8 Å². The number of methoxy groups -OCH3 is 1. The highest BCUT2D eigenvalue weighted by Crippen LogP contribution is 2.45. The average molecular weight is 661 g/mol. The Morgan fingerprint density at radius 3 is 2.35 bits per heavy atom. The van der Waals surface area contributed by atoms with Crippen molar-refractivity contribution in [3.05, 3.63) is 89.8 Å². The van der Waals surface area contributed by atoms with Crippen LogP contribution in [0.25, 0.3) is 11.1 Å². The summed E-state index contributed by atoms with van der Waals surface area (Å²) in [6, 6.07) is 12.0. The summed E-state index contributed by atoms with van der Waals surface area (Å²) in [6.45, 7) is 0. The zero-order valence-electron chi connectivity index (χ0n) is 24.2. The van der Waals surface area contributed by atoms with Crippen molar-refractivity contribution >= 4 is 33.3 Å². The quantitative estimate of drug-likeness (QED) is 0.196. The Bertz CT molecular complexity index is 1820. The molecule has 14 heteroatoms. The molecule has 9 nitrogen and oxygen atoms in total. The molecule has 0 saturated heterocycles. The van der Waals surface area contributed by atoms with Crippen LogP contribution < -0.4 is 15.4 Å². The lowest BCUT2D eigenvalue weighted by atomic mass is 9.87. The Morgan fingerprint density at radius 2 is 1.70 bits per heavy atom. The van der Waals surface area contributed by atoms with Gasteiger partial charge in [0.15, 0.2) is 0 Å². The first-order valence-corrected chi connectivity index (χ1v) is 15.6. The second-order valence-corrected chi connectivity index (χ2v) is 13.0. The molecule has 1 fully saturated rings. The second kappa shape index (κ2) is 12.6. The van der Waals surface area contributed by atoms with E-state index in [9.17, 15) is 36.0 Å². The fourth-order valence-corrected chi connectivity index (χ4v) is 6.74. The molecule has 0 heterocycles. The van der Waals surface area contributed by atoms with E-state index in [2.05, 4.69) is 10.6 Å². The molecule has 3 aromatic rings. The Hall–Kier alpha value is -4.72. The fraction of sp³-hybridized carbons (Fsp3) is 0.281. The number of nitrogens with one attached hydrogen (secondary N) is 2. The van der Waals surface area contributed by atoms with Crippen molar-refractivity contribution in [2.75, 3.05) is 12.4 Å². The number of alkyl halides is 3. The van der Waals surface area contributed by atoms with Gasteiger partial charge in [0.1, 0.15) is 11.6 Å². The molecule has 2 bridgehead atoms. The molecule has 0 radical (unpaired) electrons. The van der Waals surface area contributed by atoms with Crippen molar-refractivity contribution in [3.63, 3.8) is 0 Å². The summed E-state index contributed by atoms with van der Waals surface area (Å²) in [4.78, 5) is 36.9. The van der Waals surface area contributed by atoms with Gasteiger partial charge in [0.25, 0.3) is 15.7 Å². The van der Waals surface area contributed by atoms with Gasteiger partial charge in [0, 0.05) is 29.8 Å². The minimum absolute atomic E-state index is 0.00942. The molecule has 0 aromatic heterocycles. The van der Waals surface area contributed by atoms with Gasteiger partial charge < -0.3 is 20.5 Å². The van der Waals surface area contributed by atoms with Gasteiger partial charge >= 0.3 is 11.5 Å². The molecule has 3 N–H and O–H groups in total. The summed E-state index contributed by atoms with van der Waals surface area (Å²) in [5.74, 6) is -4.34. The third-order valence-corrected chi connectivity index (χ3v) is 9.69. The number of anilines is 1. The number of ether oxygens (including phenoxy) is 1. The van der Waals surface area contributed by atoms with Crippen LogP contribution in [0.2, 0.25) is 0 Å². The topological polar surface area (TPSA) is 139 Å². The minimum atomic E-state index is -5.64. The maximum atomic E-state index is 15.1. The number of halogens is 4. The number of aryl methyl sites for hydroxylation is 1. The number of allylic oxidation sites excluding steroid dienone is 1. The Morgan fingerprint density at radius 1 is 1.00 bits per heavy atom. The zero-order chi connectivity index (χ0) is 33.4. The third kappa shape index (κ3) is 6.48. The van der Waals surface area contributed by atoms with Crippen LogP contribution in [-0.2, 0) is 25.8 Å². The smallest absolute Gasteiger partial charge is 0.496 e. The number of carboxylic acids is 1. The first-order valence-electron chi connectivity index (χ1n) is 14.1. The van der Waals surface area contributed by atoms with Crippen LogP contribution in [0.4, 0.5) is 23.2 Å². The van der Waals surface area contributed by atoms with Gasteiger partial charge in [-0.1, -0.05) is 42.5 Å². The average Bonchev–Trinajstić information content (AvgIpc) is 3.62. The van der Waals surface area contributed by atoms with Crippen molar-refractivity contribution in [1.29, 1.82) is 0 Å². The third-order valence-electron chi connectivity index (χ3n) is 8.20. The van der Waals surface area contributed by atoms with Gasteiger partial charge in [-0.05, 0) is 60.1 Å². The molecule has 5 rings (SSSR count). The number of hydrogen-bond donors (Lipinski definition) is 3. The van der Waals surface area contributed by atoms with Crippen molar-refractivity contribution < 1.29 is 50.2 Å². The predicted octanol–water partition coefficient (Wildman–Crippen LogP) is 5.37. The number of amides is 2. The van der Waals surface area contributed by atoms with E-state index in [1.807, 2.05) is 12.2 Å². The highest BCUT2D eigenvalue weighted by atomic mass is 32.2. The van der Waals surface area contributed by atoms with E-state index in [-0.39, 0.29) is 40.8 Å². The number of fused-ring (bicyclic) bond motifs is 2. The summed E-state index contributed by atoms with van der Waals surface area (Å²) in [5, 5.41) is 14.3. The van der Waals surface area contributed by atoms with Gasteiger partial charge in [-0.25, -0.2) is 12.8 Å². The Kier molecular flexibility index (Phi) is 8.94. The van der Waals surface area contributed by atoms with E-state index >= 15 is 4.39 Å². The van der Waals surface area contributed by atoms with Crippen LogP contribution >= 0.6 is 0 Å². The summed E-state index contributed by atoms with van der Waals surface area (Å²) in [7, 11) is -4.37. The number of carbonyl (C=O) groups excluding carboxylic acids is 2. The van der Waals surface area contributed by atoms with E-state index in [0.29, 0.717) is 18.4 Å². The normalized spacial score (nSPS) is 20.4. The summed E-state index contributed by atoms with van der Waals surface area (Å²) < 4.78 is 83.3. The molecule has 2 aliphatic carbocycles. The molecule has 46 heavy (non-hydrogen) atoms. The molecule has 1 saturated carbocycles. The van der Waals surface area contributed by atoms with Gasteiger partial charge in [-0.3, -0.25) is 14.4 Å². The Balaban J connectivity index is 1.37. The van der Waals surface area contributed by atoms with Crippen LogP contribution in [0.15, 0.2) is 77.7 Å². The predicted molar refractivity (Wildman–Crippen MR) is 158 cm³/mol. The van der Waals surface area contributed by atoms with E-state index in [4.69, 9.17) is 9.84 Å². The first kappa shape index (κ1) is 32.7. The molecule has 242 valence electrons. The van der Waals surface area contributed by atoms with Gasteiger partial charge in [-0.15, -0.1) is 0 Å². The molecule has 3 aromatic carbocycles. The van der Waals surface area contributed by atoms with Crippen molar-refractivity contribution in [3.8, 4) is 16.9 Å². The molecule has 2 aliphatic rings. The SMILES string of the molecule is COc1cc(F)c(-c2ccc(CCC(=O)O)cc2)cc1C(=O)N[C@H]1[C@@H](C(=O)Nc2cccc(S(=O)(=O)C(F)(F)F)c2)[C@@H]2C=C[C@H]1C2. The highest BCUT2D eigenvalue weighted by molar-refractivity contribution is 7.92. The maximum Gasteiger partial charge on any atom is 0.501 e. The number of carbonyl (C=O) groups is 3. The van der Waals surface area contributed by atoms with Crippen LogP contribution in [0.5, 0.6) is 5.75 Å². The van der Waals surface area contributed by atoms with Crippen LogP contribution in [-0.4, -0.2) is 50.0 Å². The van der Waals surface area contributed by atoms with Crippen LogP contribution in [0, 0.1) is 23.6 Å². The minimum Gasteiger partial charge on any atom is -0.496 e. The first-order chi connectivity index (χ1) is 21.7. The maximum absolute atomic E-state index is 15.1. The summed E-state index contributed by atoms with van der Waals surface area (Å²) >= 11 is 0. The monoisotopic (exact) mass is 660 g/mol. The van der Waals surface area contributed by atoms with Crippen molar-refractivity contribution in [2.24, 2.45) is 17.8 Å². The number of aliphatic carboxylic acids is 1. The molecule has 0 spiro atoms. The molecule has 0 aliphatic heterocycles. The zero-order valence-corrected chi connectivity index (χ0v) is 25.0. The summed E-state index contributed by atoms with van der Waals surface area (Å²) in [6.07, 6.45) is 4.42. The number of benzene rings is 3. The highest BCUT2D eigenvalue weighted by Gasteiger charge is 2.49. The second-order valence-electron chi connectivity index (χ2n) is 11.1.